The normalized spacial score (nSPS) is 17.8. The summed E-state index contributed by atoms with van der Waals surface area (Å²) >= 11 is 3.91. The van der Waals surface area contributed by atoms with Crippen LogP contribution in [0.5, 0.6) is 0 Å². The highest BCUT2D eigenvalue weighted by Gasteiger charge is 2.27. The Kier molecular flexibility index (Phi) is 4.73. The summed E-state index contributed by atoms with van der Waals surface area (Å²) in [4.78, 5) is 0.383. The Morgan fingerprint density at radius 3 is 1.81 bits per heavy atom. The number of hydrogen-bond donors (Lipinski definition) is 0. The van der Waals surface area contributed by atoms with E-state index in [9.17, 15) is 0 Å². The first-order valence-corrected chi connectivity index (χ1v) is 9.52. The van der Waals surface area contributed by atoms with E-state index < -0.39 is 7.92 Å². The van der Waals surface area contributed by atoms with Gasteiger partial charge in [-0.2, -0.15) is 0 Å². The Bertz CT molecular complexity index is 619. The van der Waals surface area contributed by atoms with Crippen LogP contribution in [0.1, 0.15) is 13.3 Å². The molecule has 0 unspecified atom stereocenters. The van der Waals surface area contributed by atoms with Crippen molar-refractivity contribution in [2.75, 3.05) is 0 Å². The van der Waals surface area contributed by atoms with Gasteiger partial charge in [-0.05, 0) is 30.3 Å². The zero-order valence-electron chi connectivity index (χ0n) is 12.0. The smallest absolute Gasteiger partial charge is 0.0618 e. The molecule has 2 aromatic rings. The number of halogens is 1. The number of allylic oxidation sites excluding steroid dienone is 4. The van der Waals surface area contributed by atoms with Gasteiger partial charge in [0, 0.05) is 0 Å². The third kappa shape index (κ3) is 3.05. The van der Waals surface area contributed by atoms with Crippen molar-refractivity contribution in [3.63, 3.8) is 0 Å². The molecule has 0 spiro atoms. The van der Waals surface area contributed by atoms with Crippen LogP contribution in [0.2, 0.25) is 0 Å². The van der Waals surface area contributed by atoms with E-state index in [1.807, 2.05) is 0 Å². The highest BCUT2D eigenvalue weighted by molar-refractivity contribution is 9.09. The molecule has 0 aromatic heterocycles. The monoisotopic (exact) mass is 356 g/mol. The van der Waals surface area contributed by atoms with Gasteiger partial charge in [0.2, 0.25) is 0 Å². The molecule has 0 fully saturated rings. The van der Waals surface area contributed by atoms with Crippen molar-refractivity contribution in [1.29, 1.82) is 0 Å². The first-order valence-electron chi connectivity index (χ1n) is 7.26. The second-order valence-corrected chi connectivity index (χ2v) is 8.19. The lowest BCUT2D eigenvalue weighted by Gasteiger charge is -2.24. The van der Waals surface area contributed by atoms with Crippen LogP contribution in [-0.2, 0) is 0 Å². The fraction of sp³-hybridized carbons (Fsp3) is 0.158. The summed E-state index contributed by atoms with van der Waals surface area (Å²) < 4.78 is 0. The van der Waals surface area contributed by atoms with E-state index >= 15 is 0 Å². The molecule has 21 heavy (non-hydrogen) atoms. The van der Waals surface area contributed by atoms with Gasteiger partial charge in [0.25, 0.3) is 0 Å². The van der Waals surface area contributed by atoms with E-state index in [1.165, 1.54) is 21.5 Å². The van der Waals surface area contributed by atoms with E-state index in [4.69, 9.17) is 0 Å². The average molecular weight is 357 g/mol. The van der Waals surface area contributed by atoms with E-state index in [0.29, 0.717) is 4.83 Å². The lowest BCUT2D eigenvalue weighted by atomic mass is 10.2. The average Bonchev–Trinajstić information content (AvgIpc) is 2.91. The zero-order chi connectivity index (χ0) is 14.7. The highest BCUT2D eigenvalue weighted by Crippen LogP contribution is 2.50. The Morgan fingerprint density at radius 2 is 1.38 bits per heavy atom. The first-order chi connectivity index (χ1) is 10.3. The van der Waals surface area contributed by atoms with Crippen molar-refractivity contribution >= 4 is 34.5 Å². The van der Waals surface area contributed by atoms with E-state index in [0.717, 1.165) is 6.42 Å². The van der Waals surface area contributed by atoms with Gasteiger partial charge in [-0.1, -0.05) is 101 Å². The maximum absolute atomic E-state index is 3.91. The summed E-state index contributed by atoms with van der Waals surface area (Å²) in [5.41, 5.74) is 1.48. The molecule has 0 nitrogen and oxygen atoms in total. The second kappa shape index (κ2) is 6.73. The molecule has 1 atom stereocenters. The predicted octanol–water partition coefficient (Wildman–Crippen LogP) is 5.12. The molecule has 0 saturated carbocycles. The lowest BCUT2D eigenvalue weighted by molar-refractivity contribution is 1.06. The van der Waals surface area contributed by atoms with Crippen molar-refractivity contribution in [3.05, 3.63) is 83.7 Å². The summed E-state index contributed by atoms with van der Waals surface area (Å²) in [5.74, 6) is 0. The van der Waals surface area contributed by atoms with Crippen LogP contribution in [0.15, 0.2) is 83.7 Å². The van der Waals surface area contributed by atoms with E-state index in [-0.39, 0.29) is 0 Å². The minimum absolute atomic E-state index is 0.383. The minimum atomic E-state index is -0.462. The summed E-state index contributed by atoms with van der Waals surface area (Å²) in [6, 6.07) is 21.7. The number of rotatable bonds is 4. The van der Waals surface area contributed by atoms with Crippen molar-refractivity contribution in [1.82, 2.24) is 0 Å². The molecule has 2 heteroatoms. The van der Waals surface area contributed by atoms with Crippen LogP contribution >= 0.6 is 23.9 Å². The van der Waals surface area contributed by atoms with Gasteiger partial charge < -0.3 is 0 Å². The van der Waals surface area contributed by atoms with Crippen molar-refractivity contribution in [3.8, 4) is 0 Å². The molecule has 0 radical (unpaired) electrons. The molecule has 0 bridgehead atoms. The van der Waals surface area contributed by atoms with Crippen LogP contribution < -0.4 is 10.6 Å². The molecular formula is C19H18BrP. The molecule has 2 aromatic carbocycles. The lowest BCUT2D eigenvalue weighted by Crippen LogP contribution is -2.16. The zero-order valence-corrected chi connectivity index (χ0v) is 14.5. The van der Waals surface area contributed by atoms with Gasteiger partial charge in [-0.15, -0.1) is 0 Å². The Labute approximate surface area is 136 Å². The first kappa shape index (κ1) is 14.8. The molecule has 0 amide bonds. The van der Waals surface area contributed by atoms with Crippen molar-refractivity contribution in [2.24, 2.45) is 0 Å². The predicted molar refractivity (Wildman–Crippen MR) is 98.2 cm³/mol. The SMILES string of the molecule is CCC1=CC=C(P(c2ccccc2)c2ccccc2)[C@@H]1Br. The van der Waals surface area contributed by atoms with Crippen LogP contribution in [0.4, 0.5) is 0 Å². The minimum Gasteiger partial charge on any atom is -0.0789 e. The molecular weight excluding hydrogens is 339 g/mol. The van der Waals surface area contributed by atoms with Crippen LogP contribution in [-0.4, -0.2) is 4.83 Å². The van der Waals surface area contributed by atoms with Crippen LogP contribution in [0.25, 0.3) is 0 Å². The number of hydrogen-bond acceptors (Lipinski definition) is 0. The van der Waals surface area contributed by atoms with Crippen LogP contribution in [0.3, 0.4) is 0 Å². The van der Waals surface area contributed by atoms with Crippen molar-refractivity contribution < 1.29 is 0 Å². The summed E-state index contributed by atoms with van der Waals surface area (Å²) in [6.45, 7) is 2.23. The van der Waals surface area contributed by atoms with E-state index in [2.05, 4.69) is 95.7 Å². The molecule has 0 N–H and O–H groups in total. The Morgan fingerprint density at radius 1 is 0.857 bits per heavy atom. The van der Waals surface area contributed by atoms with Gasteiger partial charge in [0.1, 0.15) is 0 Å². The standard InChI is InChI=1S/C19H18BrP/c1-2-15-13-14-18(19(15)20)21(16-9-5-3-6-10-16)17-11-7-4-8-12-17/h3-14,19H,2H2,1H3/t19-/m1/s1. The third-order valence-electron chi connectivity index (χ3n) is 3.75. The number of benzene rings is 2. The van der Waals surface area contributed by atoms with Gasteiger partial charge >= 0.3 is 0 Å². The molecule has 1 aliphatic carbocycles. The summed E-state index contributed by atoms with van der Waals surface area (Å²) in [7, 11) is -0.462. The topological polar surface area (TPSA) is 0 Å². The highest BCUT2D eigenvalue weighted by atomic mass is 79.9. The summed E-state index contributed by atoms with van der Waals surface area (Å²) in [5, 5.41) is 4.33. The molecule has 3 rings (SSSR count). The second-order valence-electron chi connectivity index (χ2n) is 5.06. The van der Waals surface area contributed by atoms with Crippen LogP contribution in [0, 0.1) is 0 Å². The fourth-order valence-corrected chi connectivity index (χ4v) is 6.33. The quantitative estimate of drug-likeness (QED) is 0.527. The fourth-order valence-electron chi connectivity index (χ4n) is 2.64. The van der Waals surface area contributed by atoms with E-state index in [1.54, 1.807) is 0 Å². The Hall–Kier alpha value is -1.17. The molecule has 0 saturated heterocycles. The van der Waals surface area contributed by atoms with Gasteiger partial charge in [-0.3, -0.25) is 0 Å². The van der Waals surface area contributed by atoms with Gasteiger partial charge in [0.05, 0.1) is 4.83 Å². The maximum atomic E-state index is 3.91. The molecule has 0 heterocycles. The largest absolute Gasteiger partial charge is 0.0789 e. The third-order valence-corrected chi connectivity index (χ3v) is 7.74. The number of alkyl halides is 1. The van der Waals surface area contributed by atoms with Gasteiger partial charge in [-0.25, -0.2) is 0 Å². The van der Waals surface area contributed by atoms with Gasteiger partial charge in [0.15, 0.2) is 0 Å². The summed E-state index contributed by atoms with van der Waals surface area (Å²) in [6.07, 6.45) is 5.71. The maximum Gasteiger partial charge on any atom is 0.0618 e. The molecule has 1 aliphatic rings. The molecule has 106 valence electrons. The Balaban J connectivity index is 2.03. The molecule has 0 aliphatic heterocycles. The van der Waals surface area contributed by atoms with Crippen molar-refractivity contribution in [2.45, 2.75) is 18.2 Å².